The molecule has 0 aliphatic carbocycles. The first-order chi connectivity index (χ1) is 6.94. The van der Waals surface area contributed by atoms with E-state index < -0.39 is 9.05 Å². The van der Waals surface area contributed by atoms with Crippen molar-refractivity contribution >= 4 is 19.7 Å². The lowest BCUT2D eigenvalue weighted by Gasteiger charge is -2.13. The maximum absolute atomic E-state index is 11.0. The van der Waals surface area contributed by atoms with Gasteiger partial charge in [-0.15, -0.1) is 0 Å². The van der Waals surface area contributed by atoms with E-state index in [9.17, 15) is 8.42 Å². The maximum Gasteiger partial charge on any atom is 0.236 e. The SMILES string of the molecule is COC(C)c1ccccc1CS(=O)(=O)Cl. The molecule has 84 valence electrons. The highest BCUT2D eigenvalue weighted by Gasteiger charge is 2.14. The van der Waals surface area contributed by atoms with Crippen molar-refractivity contribution in [2.75, 3.05) is 7.11 Å². The Labute approximate surface area is 94.4 Å². The Morgan fingerprint density at radius 1 is 1.40 bits per heavy atom. The number of hydrogen-bond acceptors (Lipinski definition) is 3. The number of methoxy groups -OCH3 is 1. The van der Waals surface area contributed by atoms with E-state index in [2.05, 4.69) is 0 Å². The maximum atomic E-state index is 11.0. The molecule has 1 rings (SSSR count). The molecule has 0 fully saturated rings. The molecule has 0 aromatic heterocycles. The van der Waals surface area contributed by atoms with Gasteiger partial charge in [-0.25, -0.2) is 8.42 Å². The minimum absolute atomic E-state index is 0.139. The number of hydrogen-bond donors (Lipinski definition) is 0. The van der Waals surface area contributed by atoms with E-state index in [0.29, 0.717) is 5.56 Å². The monoisotopic (exact) mass is 248 g/mol. The third-order valence-electron chi connectivity index (χ3n) is 2.17. The van der Waals surface area contributed by atoms with Crippen LogP contribution < -0.4 is 0 Å². The first kappa shape index (κ1) is 12.5. The van der Waals surface area contributed by atoms with Crippen LogP contribution in [0.2, 0.25) is 0 Å². The average Bonchev–Trinajstić information content (AvgIpc) is 2.15. The lowest BCUT2D eigenvalue weighted by Crippen LogP contribution is -2.04. The summed E-state index contributed by atoms with van der Waals surface area (Å²) in [5.74, 6) is -0.168. The van der Waals surface area contributed by atoms with E-state index in [0.717, 1.165) is 5.56 Å². The highest BCUT2D eigenvalue weighted by Crippen LogP contribution is 2.22. The van der Waals surface area contributed by atoms with Gasteiger partial charge in [-0.05, 0) is 18.1 Å². The topological polar surface area (TPSA) is 43.4 Å². The van der Waals surface area contributed by atoms with Crippen LogP contribution in [0.5, 0.6) is 0 Å². The fourth-order valence-corrected chi connectivity index (χ4v) is 2.36. The number of rotatable bonds is 4. The highest BCUT2D eigenvalue weighted by atomic mass is 35.7. The quantitative estimate of drug-likeness (QED) is 0.769. The van der Waals surface area contributed by atoms with Gasteiger partial charge >= 0.3 is 0 Å². The Morgan fingerprint density at radius 2 is 2.00 bits per heavy atom. The van der Waals surface area contributed by atoms with Crippen LogP contribution in [0.4, 0.5) is 0 Å². The predicted octanol–water partition coefficient (Wildman–Crippen LogP) is 2.46. The molecular formula is C10H13ClO3S. The molecule has 0 N–H and O–H groups in total. The molecule has 0 bridgehead atoms. The Balaban J connectivity index is 3.07. The van der Waals surface area contributed by atoms with Crippen molar-refractivity contribution in [1.29, 1.82) is 0 Å². The third kappa shape index (κ3) is 3.81. The summed E-state index contributed by atoms with van der Waals surface area (Å²) in [7, 11) is 3.27. The van der Waals surface area contributed by atoms with Gasteiger partial charge < -0.3 is 4.74 Å². The molecule has 0 heterocycles. The summed E-state index contributed by atoms with van der Waals surface area (Å²) in [5, 5.41) is 0. The van der Waals surface area contributed by atoms with Gasteiger partial charge in [-0.3, -0.25) is 0 Å². The Morgan fingerprint density at radius 3 is 2.53 bits per heavy atom. The molecule has 5 heteroatoms. The van der Waals surface area contributed by atoms with Gasteiger partial charge in [0.2, 0.25) is 9.05 Å². The van der Waals surface area contributed by atoms with Gasteiger partial charge in [0.15, 0.2) is 0 Å². The Hall–Kier alpha value is -0.580. The Kier molecular flexibility index (Phi) is 4.13. The van der Waals surface area contributed by atoms with Crippen LogP contribution in [0.15, 0.2) is 24.3 Å². The van der Waals surface area contributed by atoms with Crippen molar-refractivity contribution in [3.05, 3.63) is 35.4 Å². The van der Waals surface area contributed by atoms with Crippen LogP contribution in [-0.2, 0) is 19.5 Å². The van der Waals surface area contributed by atoms with Crippen molar-refractivity contribution in [2.45, 2.75) is 18.8 Å². The molecule has 0 amide bonds. The molecule has 1 aromatic rings. The van der Waals surface area contributed by atoms with Gasteiger partial charge in [0.1, 0.15) is 0 Å². The summed E-state index contributed by atoms with van der Waals surface area (Å²) in [5.41, 5.74) is 1.53. The molecular weight excluding hydrogens is 236 g/mol. The smallest absolute Gasteiger partial charge is 0.236 e. The second-order valence-corrected chi connectivity index (χ2v) is 6.04. The molecule has 1 aromatic carbocycles. The van der Waals surface area contributed by atoms with Crippen molar-refractivity contribution in [3.8, 4) is 0 Å². The molecule has 1 unspecified atom stereocenters. The van der Waals surface area contributed by atoms with Gasteiger partial charge in [-0.2, -0.15) is 0 Å². The van der Waals surface area contributed by atoms with Gasteiger partial charge in [-0.1, -0.05) is 24.3 Å². The van der Waals surface area contributed by atoms with E-state index in [4.69, 9.17) is 15.4 Å². The molecule has 1 atom stereocenters. The summed E-state index contributed by atoms with van der Waals surface area (Å²) >= 11 is 0. The van der Waals surface area contributed by atoms with E-state index in [1.807, 2.05) is 19.1 Å². The second-order valence-electron chi connectivity index (χ2n) is 3.26. The zero-order valence-corrected chi connectivity index (χ0v) is 10.2. The molecule has 0 radical (unpaired) electrons. The third-order valence-corrected chi connectivity index (χ3v) is 3.16. The summed E-state index contributed by atoms with van der Waals surface area (Å²) < 4.78 is 27.1. The zero-order chi connectivity index (χ0) is 11.5. The van der Waals surface area contributed by atoms with Crippen LogP contribution in [0.3, 0.4) is 0 Å². The predicted molar refractivity (Wildman–Crippen MR) is 60.3 cm³/mol. The van der Waals surface area contributed by atoms with Crippen molar-refractivity contribution in [2.24, 2.45) is 0 Å². The number of halogens is 1. The van der Waals surface area contributed by atoms with E-state index in [1.54, 1.807) is 19.2 Å². The van der Waals surface area contributed by atoms with Crippen LogP contribution >= 0.6 is 10.7 Å². The summed E-state index contributed by atoms with van der Waals surface area (Å²) in [6.45, 7) is 1.86. The van der Waals surface area contributed by atoms with E-state index >= 15 is 0 Å². The van der Waals surface area contributed by atoms with Gasteiger partial charge in [0.25, 0.3) is 0 Å². The van der Waals surface area contributed by atoms with Gasteiger partial charge in [0, 0.05) is 17.8 Å². The highest BCUT2D eigenvalue weighted by molar-refractivity contribution is 8.13. The second kappa shape index (κ2) is 4.96. The molecule has 0 saturated carbocycles. The molecule has 0 saturated heterocycles. The zero-order valence-electron chi connectivity index (χ0n) is 8.60. The normalized spacial score (nSPS) is 13.8. The average molecular weight is 249 g/mol. The summed E-state index contributed by atoms with van der Waals surface area (Å²) in [6.07, 6.45) is -0.139. The van der Waals surface area contributed by atoms with E-state index in [1.165, 1.54) is 0 Å². The van der Waals surface area contributed by atoms with Crippen LogP contribution in [0.1, 0.15) is 24.2 Å². The fraction of sp³-hybridized carbons (Fsp3) is 0.400. The molecule has 0 aliphatic rings. The molecule has 15 heavy (non-hydrogen) atoms. The summed E-state index contributed by atoms with van der Waals surface area (Å²) in [4.78, 5) is 0. The first-order valence-electron chi connectivity index (χ1n) is 4.47. The van der Waals surface area contributed by atoms with Crippen LogP contribution in [0, 0.1) is 0 Å². The molecule has 0 spiro atoms. The number of benzene rings is 1. The first-order valence-corrected chi connectivity index (χ1v) is 6.95. The standard InChI is InChI=1S/C10H13ClO3S/c1-8(14-2)10-6-4-3-5-9(10)7-15(11,12)13/h3-6,8H,7H2,1-2H3. The van der Waals surface area contributed by atoms with Crippen LogP contribution in [0.25, 0.3) is 0 Å². The lowest BCUT2D eigenvalue weighted by atomic mass is 10.0. The minimum Gasteiger partial charge on any atom is -0.377 e. The lowest BCUT2D eigenvalue weighted by molar-refractivity contribution is 0.119. The fourth-order valence-electron chi connectivity index (χ4n) is 1.37. The Bertz CT molecular complexity index is 428. The molecule has 0 aliphatic heterocycles. The largest absolute Gasteiger partial charge is 0.377 e. The van der Waals surface area contributed by atoms with Crippen molar-refractivity contribution < 1.29 is 13.2 Å². The van der Waals surface area contributed by atoms with Crippen molar-refractivity contribution in [3.63, 3.8) is 0 Å². The van der Waals surface area contributed by atoms with E-state index in [-0.39, 0.29) is 11.9 Å². The molecule has 3 nitrogen and oxygen atoms in total. The van der Waals surface area contributed by atoms with Crippen molar-refractivity contribution in [1.82, 2.24) is 0 Å². The van der Waals surface area contributed by atoms with Gasteiger partial charge in [0.05, 0.1) is 11.9 Å². The minimum atomic E-state index is -3.52. The van der Waals surface area contributed by atoms with Crippen LogP contribution in [-0.4, -0.2) is 15.5 Å². The summed E-state index contributed by atoms with van der Waals surface area (Å²) in [6, 6.07) is 7.20. The number of ether oxygens (including phenoxy) is 1.